The van der Waals surface area contributed by atoms with E-state index in [0.29, 0.717) is 0 Å². The fraction of sp³-hybridized carbons (Fsp3) is 0.444. The molecule has 0 fully saturated rings. The standard InChI is InChI=1S/C9H15N3/c1-10-5-6-11-9-3-7-12(2)8-4-9/h3-4,7-8,10H,5-6H2,1-2H3/p+1. The van der Waals surface area contributed by atoms with Gasteiger partial charge in [0.1, 0.15) is 7.05 Å². The maximum absolute atomic E-state index is 3.30. The van der Waals surface area contributed by atoms with Crippen molar-refractivity contribution in [2.45, 2.75) is 0 Å². The normalized spacial score (nSPS) is 9.83. The molecule has 0 saturated heterocycles. The first-order valence-electron chi connectivity index (χ1n) is 4.16. The number of aryl methyl sites for hydroxylation is 1. The molecule has 0 unspecified atom stereocenters. The first-order chi connectivity index (χ1) is 5.83. The molecular weight excluding hydrogens is 150 g/mol. The molecule has 0 radical (unpaired) electrons. The number of nitrogens with zero attached hydrogens (tertiary/aromatic N) is 1. The molecule has 1 heterocycles. The molecule has 2 N–H and O–H groups in total. The van der Waals surface area contributed by atoms with Gasteiger partial charge in [-0.2, -0.15) is 0 Å². The van der Waals surface area contributed by atoms with Gasteiger partial charge in [0.2, 0.25) is 0 Å². The van der Waals surface area contributed by atoms with Crippen LogP contribution >= 0.6 is 0 Å². The molecule has 0 aliphatic rings. The highest BCUT2D eigenvalue weighted by Crippen LogP contribution is 2.00. The molecule has 1 rings (SSSR count). The van der Waals surface area contributed by atoms with E-state index in [2.05, 4.69) is 22.8 Å². The topological polar surface area (TPSA) is 27.9 Å². The van der Waals surface area contributed by atoms with Crippen LogP contribution < -0.4 is 15.2 Å². The number of likely N-dealkylation sites (N-methyl/N-ethyl adjacent to an activating group) is 1. The van der Waals surface area contributed by atoms with Crippen LogP contribution in [0.2, 0.25) is 0 Å². The molecule has 66 valence electrons. The van der Waals surface area contributed by atoms with Gasteiger partial charge in [0.25, 0.3) is 0 Å². The van der Waals surface area contributed by atoms with E-state index in [-0.39, 0.29) is 0 Å². The summed E-state index contributed by atoms with van der Waals surface area (Å²) in [6.07, 6.45) is 4.06. The van der Waals surface area contributed by atoms with Crippen LogP contribution in [0.15, 0.2) is 24.5 Å². The van der Waals surface area contributed by atoms with Crippen molar-refractivity contribution in [1.29, 1.82) is 0 Å². The molecule has 0 saturated carbocycles. The zero-order chi connectivity index (χ0) is 8.81. The zero-order valence-electron chi connectivity index (χ0n) is 7.67. The number of aromatic nitrogens is 1. The Kier molecular flexibility index (Phi) is 3.54. The molecule has 0 aromatic carbocycles. The van der Waals surface area contributed by atoms with E-state index < -0.39 is 0 Å². The molecule has 0 aliphatic carbocycles. The summed E-state index contributed by atoms with van der Waals surface area (Å²) in [6, 6.07) is 4.13. The third-order valence-electron chi connectivity index (χ3n) is 1.68. The van der Waals surface area contributed by atoms with Gasteiger partial charge in [-0.3, -0.25) is 0 Å². The second-order valence-electron chi connectivity index (χ2n) is 2.78. The highest BCUT2D eigenvalue weighted by atomic mass is 14.9. The molecule has 1 aromatic rings. The fourth-order valence-electron chi connectivity index (χ4n) is 0.951. The molecule has 3 heteroatoms. The summed E-state index contributed by atoms with van der Waals surface area (Å²) in [4.78, 5) is 0. The van der Waals surface area contributed by atoms with Crippen LogP contribution in [0, 0.1) is 0 Å². The minimum Gasteiger partial charge on any atom is -0.383 e. The third-order valence-corrected chi connectivity index (χ3v) is 1.68. The number of rotatable bonds is 4. The van der Waals surface area contributed by atoms with E-state index in [9.17, 15) is 0 Å². The Morgan fingerprint density at radius 2 is 1.92 bits per heavy atom. The highest BCUT2D eigenvalue weighted by Gasteiger charge is 1.92. The Hall–Kier alpha value is -1.09. The molecular formula is C9H16N3+. The Morgan fingerprint density at radius 1 is 1.25 bits per heavy atom. The SMILES string of the molecule is CNCCNc1cc[n+](C)cc1. The number of anilines is 1. The third kappa shape index (κ3) is 2.88. The molecule has 0 aliphatic heterocycles. The van der Waals surface area contributed by atoms with Crippen molar-refractivity contribution in [2.75, 3.05) is 25.5 Å². The molecule has 0 spiro atoms. The van der Waals surface area contributed by atoms with Gasteiger partial charge in [0, 0.05) is 30.9 Å². The summed E-state index contributed by atoms with van der Waals surface area (Å²) in [6.45, 7) is 1.95. The molecule has 0 bridgehead atoms. The van der Waals surface area contributed by atoms with Crippen LogP contribution in [0.3, 0.4) is 0 Å². The van der Waals surface area contributed by atoms with Crippen molar-refractivity contribution in [3.63, 3.8) is 0 Å². The Morgan fingerprint density at radius 3 is 2.50 bits per heavy atom. The minimum absolute atomic E-state index is 0.963. The summed E-state index contributed by atoms with van der Waals surface area (Å²) in [5.74, 6) is 0. The lowest BCUT2D eigenvalue weighted by atomic mass is 10.4. The van der Waals surface area contributed by atoms with Crippen LogP contribution in [-0.4, -0.2) is 20.1 Å². The van der Waals surface area contributed by atoms with Crippen molar-refractivity contribution >= 4 is 5.69 Å². The van der Waals surface area contributed by atoms with Crippen molar-refractivity contribution in [3.05, 3.63) is 24.5 Å². The quantitative estimate of drug-likeness (QED) is 0.492. The smallest absolute Gasteiger partial charge is 0.170 e. The van der Waals surface area contributed by atoms with Gasteiger partial charge in [-0.15, -0.1) is 0 Å². The van der Waals surface area contributed by atoms with Crippen LogP contribution in [0.4, 0.5) is 5.69 Å². The van der Waals surface area contributed by atoms with E-state index in [1.807, 2.05) is 31.1 Å². The maximum atomic E-state index is 3.30. The van der Waals surface area contributed by atoms with E-state index in [0.717, 1.165) is 13.1 Å². The largest absolute Gasteiger partial charge is 0.383 e. The van der Waals surface area contributed by atoms with Crippen LogP contribution in [0.25, 0.3) is 0 Å². The molecule has 12 heavy (non-hydrogen) atoms. The summed E-state index contributed by atoms with van der Waals surface area (Å²) >= 11 is 0. The number of pyridine rings is 1. The highest BCUT2D eigenvalue weighted by molar-refractivity contribution is 5.39. The summed E-state index contributed by atoms with van der Waals surface area (Å²) in [7, 11) is 3.96. The summed E-state index contributed by atoms with van der Waals surface area (Å²) in [5, 5.41) is 6.38. The lowest BCUT2D eigenvalue weighted by molar-refractivity contribution is -0.671. The van der Waals surface area contributed by atoms with Gasteiger partial charge < -0.3 is 10.6 Å². The monoisotopic (exact) mass is 166 g/mol. The van der Waals surface area contributed by atoms with E-state index >= 15 is 0 Å². The van der Waals surface area contributed by atoms with Gasteiger partial charge in [0.15, 0.2) is 12.4 Å². The predicted octanol–water partition coefficient (Wildman–Crippen LogP) is 0.142. The van der Waals surface area contributed by atoms with Crippen molar-refractivity contribution in [1.82, 2.24) is 5.32 Å². The van der Waals surface area contributed by atoms with Crippen molar-refractivity contribution < 1.29 is 4.57 Å². The lowest BCUT2D eigenvalue weighted by Gasteiger charge is -2.03. The van der Waals surface area contributed by atoms with Crippen molar-refractivity contribution in [3.8, 4) is 0 Å². The average Bonchev–Trinajstić information content (AvgIpc) is 2.09. The van der Waals surface area contributed by atoms with E-state index in [1.165, 1.54) is 5.69 Å². The number of hydrogen-bond acceptors (Lipinski definition) is 2. The zero-order valence-corrected chi connectivity index (χ0v) is 7.67. The first kappa shape index (κ1) is 9.00. The van der Waals surface area contributed by atoms with Gasteiger partial charge in [-0.1, -0.05) is 0 Å². The molecule has 0 amide bonds. The Labute approximate surface area is 73.4 Å². The Bertz CT molecular complexity index is 218. The fourth-order valence-corrected chi connectivity index (χ4v) is 0.951. The van der Waals surface area contributed by atoms with Crippen molar-refractivity contribution in [2.24, 2.45) is 7.05 Å². The summed E-state index contributed by atoms with van der Waals surface area (Å²) in [5.41, 5.74) is 1.17. The number of hydrogen-bond donors (Lipinski definition) is 2. The second kappa shape index (κ2) is 4.72. The van der Waals surface area contributed by atoms with Gasteiger partial charge in [-0.25, -0.2) is 4.57 Å². The molecule has 3 nitrogen and oxygen atoms in total. The van der Waals surface area contributed by atoms with E-state index in [1.54, 1.807) is 0 Å². The van der Waals surface area contributed by atoms with Crippen LogP contribution in [-0.2, 0) is 7.05 Å². The Balaban J connectivity index is 2.37. The van der Waals surface area contributed by atoms with Gasteiger partial charge in [0.05, 0.1) is 0 Å². The second-order valence-corrected chi connectivity index (χ2v) is 2.78. The van der Waals surface area contributed by atoms with E-state index in [4.69, 9.17) is 0 Å². The average molecular weight is 166 g/mol. The molecule has 0 atom stereocenters. The number of nitrogens with one attached hydrogen (secondary N) is 2. The predicted molar refractivity (Wildman–Crippen MR) is 50.0 cm³/mol. The van der Waals surface area contributed by atoms with Gasteiger partial charge >= 0.3 is 0 Å². The van der Waals surface area contributed by atoms with Crippen LogP contribution in [0.1, 0.15) is 0 Å². The van der Waals surface area contributed by atoms with Gasteiger partial charge in [-0.05, 0) is 7.05 Å². The maximum Gasteiger partial charge on any atom is 0.170 e. The first-order valence-corrected chi connectivity index (χ1v) is 4.16. The molecule has 1 aromatic heterocycles. The minimum atomic E-state index is 0.963. The van der Waals surface area contributed by atoms with Crippen LogP contribution in [0.5, 0.6) is 0 Å². The summed E-state index contributed by atoms with van der Waals surface area (Å²) < 4.78 is 2.02. The lowest BCUT2D eigenvalue weighted by Crippen LogP contribution is -2.26.